The van der Waals surface area contributed by atoms with E-state index in [1.807, 2.05) is 38.1 Å². The summed E-state index contributed by atoms with van der Waals surface area (Å²) in [6.07, 6.45) is 7.48. The Balaban J connectivity index is 2.73. The molecule has 0 aliphatic heterocycles. The van der Waals surface area contributed by atoms with Crippen LogP contribution in [0.1, 0.15) is 37.3 Å². The van der Waals surface area contributed by atoms with Gasteiger partial charge in [0.05, 0.1) is 5.60 Å². The third kappa shape index (κ3) is 3.42. The molecular formula is C14H18O. The number of aliphatic hydroxyl groups is 1. The lowest BCUT2D eigenvalue weighted by Gasteiger charge is -2.23. The van der Waals surface area contributed by atoms with Crippen molar-refractivity contribution in [3.8, 4) is 12.3 Å². The van der Waals surface area contributed by atoms with E-state index in [-0.39, 0.29) is 0 Å². The van der Waals surface area contributed by atoms with Gasteiger partial charge in [-0.05, 0) is 32.3 Å². The van der Waals surface area contributed by atoms with E-state index in [2.05, 4.69) is 5.92 Å². The first-order valence-electron chi connectivity index (χ1n) is 5.29. The largest absolute Gasteiger partial charge is 0.385 e. The summed E-state index contributed by atoms with van der Waals surface area (Å²) in [6, 6.07) is 7.99. The molecule has 0 aliphatic carbocycles. The van der Waals surface area contributed by atoms with E-state index in [9.17, 15) is 5.11 Å². The van der Waals surface area contributed by atoms with Gasteiger partial charge in [-0.1, -0.05) is 29.8 Å². The number of benzene rings is 1. The number of hydrogen-bond donors (Lipinski definition) is 1. The zero-order valence-corrected chi connectivity index (χ0v) is 9.46. The molecule has 0 heterocycles. The maximum Gasteiger partial charge on any atom is 0.0869 e. The van der Waals surface area contributed by atoms with Gasteiger partial charge in [0.25, 0.3) is 0 Å². The van der Waals surface area contributed by atoms with Crippen molar-refractivity contribution in [1.82, 2.24) is 0 Å². The second-order valence-corrected chi connectivity index (χ2v) is 4.20. The second kappa shape index (κ2) is 5.00. The van der Waals surface area contributed by atoms with E-state index in [1.165, 1.54) is 5.56 Å². The summed E-state index contributed by atoms with van der Waals surface area (Å²) in [7, 11) is 0. The average molecular weight is 202 g/mol. The van der Waals surface area contributed by atoms with Crippen LogP contribution in [0.3, 0.4) is 0 Å². The van der Waals surface area contributed by atoms with Gasteiger partial charge in [-0.15, -0.1) is 12.3 Å². The highest BCUT2D eigenvalue weighted by atomic mass is 16.3. The molecule has 0 saturated heterocycles. The van der Waals surface area contributed by atoms with E-state index < -0.39 is 5.60 Å². The van der Waals surface area contributed by atoms with Crippen molar-refractivity contribution in [3.63, 3.8) is 0 Å². The van der Waals surface area contributed by atoms with Gasteiger partial charge >= 0.3 is 0 Å². The molecule has 0 spiro atoms. The lowest BCUT2D eigenvalue weighted by atomic mass is 9.90. The van der Waals surface area contributed by atoms with Crippen molar-refractivity contribution < 1.29 is 5.11 Å². The summed E-state index contributed by atoms with van der Waals surface area (Å²) >= 11 is 0. The molecule has 1 nitrogen and oxygen atoms in total. The van der Waals surface area contributed by atoms with Gasteiger partial charge in [0.2, 0.25) is 0 Å². The number of terminal acetylenes is 1. The first kappa shape index (κ1) is 11.8. The van der Waals surface area contributed by atoms with Gasteiger partial charge in [0.1, 0.15) is 0 Å². The maximum atomic E-state index is 10.3. The minimum Gasteiger partial charge on any atom is -0.385 e. The lowest BCUT2D eigenvalue weighted by molar-refractivity contribution is 0.0459. The van der Waals surface area contributed by atoms with Crippen molar-refractivity contribution >= 4 is 0 Å². The van der Waals surface area contributed by atoms with Crippen molar-refractivity contribution in [1.29, 1.82) is 0 Å². The summed E-state index contributed by atoms with van der Waals surface area (Å²) in [5, 5.41) is 10.3. The molecule has 1 aromatic rings. The standard InChI is InChI=1S/C14H18O/c1-4-5-6-10-14(3,15)13-9-7-8-12(2)11-13/h1,7-9,11,15H,5-6,10H2,2-3H3. The Hall–Kier alpha value is -1.26. The van der Waals surface area contributed by atoms with E-state index in [4.69, 9.17) is 6.42 Å². The smallest absolute Gasteiger partial charge is 0.0869 e. The molecule has 0 fully saturated rings. The van der Waals surface area contributed by atoms with Crippen LogP contribution < -0.4 is 0 Å². The molecule has 1 aromatic carbocycles. The van der Waals surface area contributed by atoms with E-state index in [0.29, 0.717) is 6.42 Å². The number of hydrogen-bond acceptors (Lipinski definition) is 1. The molecular weight excluding hydrogens is 184 g/mol. The third-order valence-corrected chi connectivity index (χ3v) is 2.62. The SMILES string of the molecule is C#CCCCC(C)(O)c1cccc(C)c1. The summed E-state index contributed by atoms with van der Waals surface area (Å²) in [4.78, 5) is 0. The predicted molar refractivity (Wildman–Crippen MR) is 63.4 cm³/mol. The minimum atomic E-state index is -0.761. The molecule has 80 valence electrons. The number of rotatable bonds is 4. The van der Waals surface area contributed by atoms with Crippen LogP contribution in [0.25, 0.3) is 0 Å². The summed E-state index contributed by atoms with van der Waals surface area (Å²) in [6.45, 7) is 3.87. The van der Waals surface area contributed by atoms with Gasteiger partial charge < -0.3 is 5.11 Å². The highest BCUT2D eigenvalue weighted by Crippen LogP contribution is 2.26. The maximum absolute atomic E-state index is 10.3. The lowest BCUT2D eigenvalue weighted by Crippen LogP contribution is -2.20. The molecule has 0 aromatic heterocycles. The second-order valence-electron chi connectivity index (χ2n) is 4.20. The van der Waals surface area contributed by atoms with Crippen LogP contribution in [-0.2, 0) is 5.60 Å². The van der Waals surface area contributed by atoms with Crippen molar-refractivity contribution in [3.05, 3.63) is 35.4 Å². The Bertz CT molecular complexity index is 358. The first-order valence-corrected chi connectivity index (χ1v) is 5.29. The van der Waals surface area contributed by atoms with Crippen molar-refractivity contribution in [2.24, 2.45) is 0 Å². The van der Waals surface area contributed by atoms with Gasteiger partial charge in [-0.3, -0.25) is 0 Å². The fraction of sp³-hybridized carbons (Fsp3) is 0.429. The van der Waals surface area contributed by atoms with E-state index in [1.54, 1.807) is 0 Å². The first-order chi connectivity index (χ1) is 7.06. The monoisotopic (exact) mass is 202 g/mol. The fourth-order valence-corrected chi connectivity index (χ4v) is 1.66. The minimum absolute atomic E-state index is 0.709. The average Bonchev–Trinajstić information content (AvgIpc) is 2.18. The quantitative estimate of drug-likeness (QED) is 0.588. The van der Waals surface area contributed by atoms with Crippen LogP contribution in [0.5, 0.6) is 0 Å². The van der Waals surface area contributed by atoms with Crippen LogP contribution in [0.15, 0.2) is 24.3 Å². The Morgan fingerprint density at radius 2 is 2.20 bits per heavy atom. The summed E-state index contributed by atoms with van der Waals surface area (Å²) < 4.78 is 0. The van der Waals surface area contributed by atoms with Crippen molar-refractivity contribution in [2.75, 3.05) is 0 Å². The molecule has 0 bridgehead atoms. The molecule has 0 saturated carbocycles. The Morgan fingerprint density at radius 3 is 2.80 bits per heavy atom. The van der Waals surface area contributed by atoms with Crippen molar-refractivity contribution in [2.45, 2.75) is 38.7 Å². The molecule has 1 atom stereocenters. The van der Waals surface area contributed by atoms with Crippen LogP contribution in [0.4, 0.5) is 0 Å². The van der Waals surface area contributed by atoms with Crippen LogP contribution in [-0.4, -0.2) is 5.11 Å². The van der Waals surface area contributed by atoms with Gasteiger partial charge in [-0.2, -0.15) is 0 Å². The van der Waals surface area contributed by atoms with E-state index >= 15 is 0 Å². The number of aryl methyl sites for hydroxylation is 1. The predicted octanol–water partition coefficient (Wildman–Crippen LogP) is 3.01. The van der Waals surface area contributed by atoms with E-state index in [0.717, 1.165) is 18.4 Å². The van der Waals surface area contributed by atoms with Crippen LogP contribution in [0.2, 0.25) is 0 Å². The Morgan fingerprint density at radius 1 is 1.47 bits per heavy atom. The molecule has 1 unspecified atom stereocenters. The Labute approximate surface area is 92.1 Å². The summed E-state index contributed by atoms with van der Waals surface area (Å²) in [5.74, 6) is 2.59. The van der Waals surface area contributed by atoms with Gasteiger partial charge in [0, 0.05) is 6.42 Å². The van der Waals surface area contributed by atoms with Crippen LogP contribution >= 0.6 is 0 Å². The molecule has 0 radical (unpaired) electrons. The number of unbranched alkanes of at least 4 members (excludes halogenated alkanes) is 1. The summed E-state index contributed by atoms with van der Waals surface area (Å²) in [5.41, 5.74) is 1.38. The highest BCUT2D eigenvalue weighted by molar-refractivity contribution is 5.26. The molecule has 15 heavy (non-hydrogen) atoms. The van der Waals surface area contributed by atoms with Gasteiger partial charge in [0.15, 0.2) is 0 Å². The molecule has 1 heteroatoms. The normalized spacial score (nSPS) is 14.3. The Kier molecular flexibility index (Phi) is 3.94. The zero-order chi connectivity index (χ0) is 11.3. The molecule has 0 amide bonds. The molecule has 1 N–H and O–H groups in total. The van der Waals surface area contributed by atoms with Gasteiger partial charge in [-0.25, -0.2) is 0 Å². The van der Waals surface area contributed by atoms with Crippen LogP contribution in [0, 0.1) is 19.3 Å². The highest BCUT2D eigenvalue weighted by Gasteiger charge is 2.21. The molecule has 0 aliphatic rings. The topological polar surface area (TPSA) is 20.2 Å². The molecule has 1 rings (SSSR count). The zero-order valence-electron chi connectivity index (χ0n) is 9.46. The third-order valence-electron chi connectivity index (χ3n) is 2.62. The fourth-order valence-electron chi connectivity index (χ4n) is 1.66.